The maximum atomic E-state index is 9.00. The zero-order valence-corrected chi connectivity index (χ0v) is 5.26. The molecule has 0 fully saturated rings. The van der Waals surface area contributed by atoms with Crippen LogP contribution < -0.4 is 5.73 Å². The zero-order chi connectivity index (χ0) is 7.56. The Morgan fingerprint density at radius 2 is 2.40 bits per heavy atom. The standard InChI is InChI=1S/C7H7N2O/c8-7(9)5-3-1-2-4-6(5)10/h1-3,10H,(H3,8,9). The second kappa shape index (κ2) is 2.39. The second-order valence-electron chi connectivity index (χ2n) is 1.85. The van der Waals surface area contributed by atoms with E-state index in [0.29, 0.717) is 5.56 Å². The van der Waals surface area contributed by atoms with E-state index in [1.54, 1.807) is 18.2 Å². The Morgan fingerprint density at radius 1 is 1.70 bits per heavy atom. The summed E-state index contributed by atoms with van der Waals surface area (Å²) in [6.07, 6.45) is 0. The van der Waals surface area contributed by atoms with Crippen molar-refractivity contribution < 1.29 is 5.11 Å². The van der Waals surface area contributed by atoms with Crippen molar-refractivity contribution in [3.8, 4) is 5.75 Å². The van der Waals surface area contributed by atoms with Gasteiger partial charge in [0.2, 0.25) is 0 Å². The molecule has 1 aromatic rings. The van der Waals surface area contributed by atoms with E-state index >= 15 is 0 Å². The largest absolute Gasteiger partial charge is 0.507 e. The number of benzene rings is 1. The van der Waals surface area contributed by atoms with Gasteiger partial charge in [-0.2, -0.15) is 0 Å². The molecule has 0 saturated carbocycles. The second-order valence-corrected chi connectivity index (χ2v) is 1.85. The highest BCUT2D eigenvalue weighted by atomic mass is 16.3. The van der Waals surface area contributed by atoms with Gasteiger partial charge >= 0.3 is 0 Å². The molecular weight excluding hydrogens is 128 g/mol. The number of amidine groups is 1. The quantitative estimate of drug-likeness (QED) is 0.387. The van der Waals surface area contributed by atoms with Gasteiger partial charge in [-0.1, -0.05) is 12.1 Å². The van der Waals surface area contributed by atoms with E-state index in [2.05, 4.69) is 6.07 Å². The molecular formula is C7H7N2O. The van der Waals surface area contributed by atoms with E-state index in [1.165, 1.54) is 0 Å². The summed E-state index contributed by atoms with van der Waals surface area (Å²) >= 11 is 0. The molecule has 10 heavy (non-hydrogen) atoms. The van der Waals surface area contributed by atoms with Crippen LogP contribution in [0, 0.1) is 11.5 Å². The fraction of sp³-hybridized carbons (Fsp3) is 0. The molecule has 1 rings (SSSR count). The van der Waals surface area contributed by atoms with Crippen molar-refractivity contribution in [1.29, 1.82) is 5.41 Å². The molecule has 51 valence electrons. The van der Waals surface area contributed by atoms with Crippen LogP contribution in [-0.2, 0) is 0 Å². The van der Waals surface area contributed by atoms with Crippen LogP contribution in [0.2, 0.25) is 0 Å². The maximum absolute atomic E-state index is 9.00. The third-order valence-electron chi connectivity index (χ3n) is 1.12. The molecule has 0 aromatic heterocycles. The minimum Gasteiger partial charge on any atom is -0.507 e. The van der Waals surface area contributed by atoms with Crippen molar-refractivity contribution in [2.75, 3.05) is 0 Å². The fourth-order valence-corrected chi connectivity index (χ4v) is 0.645. The Bertz CT molecular complexity index is 258. The minimum absolute atomic E-state index is 0.0741. The summed E-state index contributed by atoms with van der Waals surface area (Å²) < 4.78 is 0. The third kappa shape index (κ3) is 1.07. The molecule has 0 unspecified atom stereocenters. The lowest BCUT2D eigenvalue weighted by Crippen LogP contribution is -2.10. The van der Waals surface area contributed by atoms with Gasteiger partial charge in [-0.25, -0.2) is 0 Å². The molecule has 1 radical (unpaired) electrons. The highest BCUT2D eigenvalue weighted by Gasteiger charge is 2.00. The monoisotopic (exact) mass is 135 g/mol. The van der Waals surface area contributed by atoms with Crippen LogP contribution in [0.5, 0.6) is 5.75 Å². The number of hydrogen-bond acceptors (Lipinski definition) is 2. The Kier molecular flexibility index (Phi) is 1.58. The van der Waals surface area contributed by atoms with Gasteiger partial charge in [0.1, 0.15) is 11.6 Å². The van der Waals surface area contributed by atoms with Crippen LogP contribution in [0.25, 0.3) is 0 Å². The number of phenolic OH excluding ortho intramolecular Hbond substituents is 1. The Balaban J connectivity index is 3.15. The number of hydrogen-bond donors (Lipinski definition) is 3. The number of phenols is 1. The van der Waals surface area contributed by atoms with Crippen molar-refractivity contribution in [2.45, 2.75) is 0 Å². The molecule has 0 amide bonds. The van der Waals surface area contributed by atoms with Gasteiger partial charge in [-0.15, -0.1) is 0 Å². The summed E-state index contributed by atoms with van der Waals surface area (Å²) in [5, 5.41) is 16.0. The van der Waals surface area contributed by atoms with Gasteiger partial charge in [0.05, 0.1) is 5.56 Å². The average Bonchev–Trinajstić information content (AvgIpc) is 1.88. The van der Waals surface area contributed by atoms with Gasteiger partial charge in [-0.3, -0.25) is 5.41 Å². The van der Waals surface area contributed by atoms with E-state index in [-0.39, 0.29) is 11.6 Å². The molecule has 3 nitrogen and oxygen atoms in total. The molecule has 4 N–H and O–H groups in total. The molecule has 0 saturated heterocycles. The minimum atomic E-state index is -0.144. The lowest BCUT2D eigenvalue weighted by molar-refractivity contribution is 0.473. The molecule has 0 aliphatic heterocycles. The molecule has 0 spiro atoms. The number of para-hydroxylation sites is 1. The summed E-state index contributed by atoms with van der Waals surface area (Å²) in [7, 11) is 0. The Labute approximate surface area is 58.6 Å². The van der Waals surface area contributed by atoms with Crippen LogP contribution in [0.3, 0.4) is 0 Å². The molecule has 0 atom stereocenters. The van der Waals surface area contributed by atoms with Crippen molar-refractivity contribution in [2.24, 2.45) is 5.73 Å². The van der Waals surface area contributed by atoms with Crippen LogP contribution in [0.15, 0.2) is 18.2 Å². The predicted molar refractivity (Wildman–Crippen MR) is 38.0 cm³/mol. The topological polar surface area (TPSA) is 70.1 Å². The number of nitrogens with one attached hydrogen (secondary N) is 1. The van der Waals surface area contributed by atoms with Gasteiger partial charge < -0.3 is 10.8 Å². The van der Waals surface area contributed by atoms with Crippen LogP contribution >= 0.6 is 0 Å². The molecule has 1 aromatic carbocycles. The normalized spacial score (nSPS) is 9.20. The first kappa shape index (κ1) is 6.61. The van der Waals surface area contributed by atoms with E-state index in [0.717, 1.165) is 0 Å². The van der Waals surface area contributed by atoms with Gasteiger partial charge in [0, 0.05) is 6.07 Å². The molecule has 0 bridgehead atoms. The van der Waals surface area contributed by atoms with Crippen LogP contribution in [0.4, 0.5) is 0 Å². The lowest BCUT2D eigenvalue weighted by Gasteiger charge is -1.98. The Morgan fingerprint density at radius 3 is 2.80 bits per heavy atom. The summed E-state index contributed by atoms with van der Waals surface area (Å²) in [6, 6.07) is 7.30. The number of aromatic hydroxyl groups is 1. The Hall–Kier alpha value is -1.51. The maximum Gasteiger partial charge on any atom is 0.134 e. The SMILES string of the molecule is N=C(N)c1ccc[c]c1O. The summed E-state index contributed by atoms with van der Waals surface area (Å²) in [4.78, 5) is 0. The highest BCUT2D eigenvalue weighted by molar-refractivity contribution is 5.97. The number of rotatable bonds is 1. The summed E-state index contributed by atoms with van der Waals surface area (Å²) in [5.41, 5.74) is 5.44. The fourth-order valence-electron chi connectivity index (χ4n) is 0.645. The van der Waals surface area contributed by atoms with Crippen molar-refractivity contribution in [3.63, 3.8) is 0 Å². The average molecular weight is 135 g/mol. The van der Waals surface area contributed by atoms with E-state index < -0.39 is 0 Å². The van der Waals surface area contributed by atoms with Crippen molar-refractivity contribution >= 4 is 5.84 Å². The van der Waals surface area contributed by atoms with E-state index in [9.17, 15) is 0 Å². The van der Waals surface area contributed by atoms with E-state index in [1.807, 2.05) is 0 Å². The first-order chi connectivity index (χ1) is 4.72. The number of nitrogen functional groups attached to an aromatic ring is 1. The number of nitrogens with two attached hydrogens (primary N) is 1. The van der Waals surface area contributed by atoms with Crippen molar-refractivity contribution in [3.05, 3.63) is 29.8 Å². The van der Waals surface area contributed by atoms with Gasteiger partial charge in [0.15, 0.2) is 0 Å². The zero-order valence-electron chi connectivity index (χ0n) is 5.26. The molecule has 0 aliphatic carbocycles. The molecule has 3 heteroatoms. The van der Waals surface area contributed by atoms with Crippen LogP contribution in [-0.4, -0.2) is 10.9 Å². The molecule has 0 aliphatic rings. The van der Waals surface area contributed by atoms with E-state index in [4.69, 9.17) is 16.2 Å². The highest BCUT2D eigenvalue weighted by Crippen LogP contribution is 2.12. The summed E-state index contributed by atoms with van der Waals surface area (Å²) in [5.74, 6) is -0.218. The first-order valence-electron chi connectivity index (χ1n) is 2.76. The smallest absolute Gasteiger partial charge is 0.134 e. The van der Waals surface area contributed by atoms with Crippen molar-refractivity contribution in [1.82, 2.24) is 0 Å². The molecule has 0 heterocycles. The lowest BCUT2D eigenvalue weighted by atomic mass is 10.2. The van der Waals surface area contributed by atoms with Gasteiger partial charge in [0.25, 0.3) is 0 Å². The predicted octanol–water partition coefficient (Wildman–Crippen LogP) is 0.476. The first-order valence-corrected chi connectivity index (χ1v) is 2.76. The van der Waals surface area contributed by atoms with Gasteiger partial charge in [-0.05, 0) is 6.07 Å². The third-order valence-corrected chi connectivity index (χ3v) is 1.12. The summed E-state index contributed by atoms with van der Waals surface area (Å²) in [6.45, 7) is 0. The van der Waals surface area contributed by atoms with Crippen LogP contribution in [0.1, 0.15) is 5.56 Å².